The quantitative estimate of drug-likeness (QED) is 0.516. The van der Waals surface area contributed by atoms with Crippen molar-refractivity contribution in [1.29, 1.82) is 0 Å². The van der Waals surface area contributed by atoms with Gasteiger partial charge in [-0.15, -0.1) is 10.2 Å². The number of hydrogen-bond donors (Lipinski definition) is 1. The van der Waals surface area contributed by atoms with Gasteiger partial charge < -0.3 is 5.32 Å². The van der Waals surface area contributed by atoms with Crippen LogP contribution in [0.3, 0.4) is 0 Å². The summed E-state index contributed by atoms with van der Waals surface area (Å²) in [6, 6.07) is 17.7. The Morgan fingerprint density at radius 3 is 2.61 bits per heavy atom. The van der Waals surface area contributed by atoms with E-state index < -0.39 is 0 Å². The van der Waals surface area contributed by atoms with Crippen molar-refractivity contribution in [3.8, 4) is 0 Å². The number of hydrogen-bond acceptors (Lipinski definition) is 6. The van der Waals surface area contributed by atoms with Gasteiger partial charge >= 0.3 is 0 Å². The first-order valence-corrected chi connectivity index (χ1v) is 10.4. The van der Waals surface area contributed by atoms with Gasteiger partial charge in [0, 0.05) is 11.9 Å². The molecule has 0 bridgehead atoms. The van der Waals surface area contributed by atoms with Gasteiger partial charge in [0.05, 0.1) is 11.1 Å². The number of fused-ring (bicyclic) bond motifs is 1. The second-order valence-electron chi connectivity index (χ2n) is 6.38. The lowest BCUT2D eigenvalue weighted by molar-refractivity contribution is 0.0952. The summed E-state index contributed by atoms with van der Waals surface area (Å²) in [7, 11) is 0. The molecular weight excluding hydrogens is 388 g/mol. The van der Waals surface area contributed by atoms with E-state index in [1.54, 1.807) is 0 Å². The summed E-state index contributed by atoms with van der Waals surface area (Å²) in [4.78, 5) is 17.6. The van der Waals surface area contributed by atoms with Crippen LogP contribution < -0.4 is 5.32 Å². The second kappa shape index (κ2) is 8.08. The van der Waals surface area contributed by atoms with Gasteiger partial charge in [-0.05, 0) is 43.3 Å². The topological polar surface area (TPSA) is 67.8 Å². The summed E-state index contributed by atoms with van der Waals surface area (Å²) in [5, 5.41) is 13.7. The van der Waals surface area contributed by atoms with E-state index in [9.17, 15) is 4.79 Å². The first kappa shape index (κ1) is 18.6. The molecule has 0 spiro atoms. The minimum Gasteiger partial charge on any atom is -0.348 e. The Kier molecular flexibility index (Phi) is 5.36. The molecule has 0 aliphatic rings. The van der Waals surface area contributed by atoms with E-state index >= 15 is 0 Å². The van der Waals surface area contributed by atoms with Crippen molar-refractivity contribution in [3.63, 3.8) is 0 Å². The number of rotatable bonds is 5. The lowest BCUT2D eigenvalue weighted by Crippen LogP contribution is -2.23. The molecule has 0 saturated heterocycles. The number of carbonyl (C=O) groups is 1. The lowest BCUT2D eigenvalue weighted by Gasteiger charge is -2.10. The Balaban J connectivity index is 1.62. The Morgan fingerprint density at radius 1 is 1.07 bits per heavy atom. The molecule has 140 valence electrons. The van der Waals surface area contributed by atoms with Gasteiger partial charge in [-0.1, -0.05) is 59.4 Å². The Hall–Kier alpha value is -2.77. The summed E-state index contributed by atoms with van der Waals surface area (Å²) in [6.45, 7) is 4.44. The zero-order valence-corrected chi connectivity index (χ0v) is 17.1. The molecule has 0 aliphatic heterocycles. The minimum absolute atomic E-state index is 0.116. The fourth-order valence-electron chi connectivity index (χ4n) is 2.78. The van der Waals surface area contributed by atoms with Gasteiger partial charge in [0.25, 0.3) is 5.91 Å². The fourth-order valence-corrected chi connectivity index (χ4v) is 4.57. The molecule has 2 aromatic heterocycles. The summed E-state index contributed by atoms with van der Waals surface area (Å²) in [6.07, 6.45) is 0. The zero-order chi connectivity index (χ0) is 19.5. The molecule has 1 amide bonds. The van der Waals surface area contributed by atoms with E-state index in [4.69, 9.17) is 0 Å². The van der Waals surface area contributed by atoms with Crippen LogP contribution in [0, 0.1) is 13.8 Å². The number of carbonyl (C=O) groups excluding carboxylic acids is 1. The fraction of sp³-hybridized carbons (Fsp3) is 0.143. The van der Waals surface area contributed by atoms with Crippen molar-refractivity contribution < 1.29 is 4.79 Å². The number of aryl methyl sites for hydroxylation is 2. The molecule has 0 saturated carbocycles. The Labute approximate surface area is 171 Å². The third-order valence-corrected chi connectivity index (χ3v) is 6.02. The van der Waals surface area contributed by atoms with Gasteiger partial charge in [-0.2, -0.15) is 0 Å². The maximum absolute atomic E-state index is 12.9. The highest BCUT2D eigenvalue weighted by molar-refractivity contribution is 8.01. The van der Waals surface area contributed by atoms with Gasteiger partial charge in [-0.3, -0.25) is 4.79 Å². The van der Waals surface area contributed by atoms with E-state index in [2.05, 4.69) is 20.5 Å². The number of nitrogens with zero attached hydrogens (tertiary/aromatic N) is 3. The molecule has 2 aromatic carbocycles. The van der Waals surface area contributed by atoms with E-state index in [-0.39, 0.29) is 5.91 Å². The van der Waals surface area contributed by atoms with E-state index in [0.29, 0.717) is 12.1 Å². The van der Waals surface area contributed by atoms with Gasteiger partial charge in [0.15, 0.2) is 4.34 Å². The summed E-state index contributed by atoms with van der Waals surface area (Å²) < 4.78 is 0.811. The summed E-state index contributed by atoms with van der Waals surface area (Å²) in [5.41, 5.74) is 3.66. The molecule has 0 radical (unpaired) electrons. The third kappa shape index (κ3) is 4.21. The van der Waals surface area contributed by atoms with Gasteiger partial charge in [-0.25, -0.2) is 4.98 Å². The van der Waals surface area contributed by atoms with Crippen molar-refractivity contribution in [2.24, 2.45) is 0 Å². The number of amides is 1. The molecule has 0 aliphatic carbocycles. The number of benzene rings is 2. The summed E-state index contributed by atoms with van der Waals surface area (Å²) >= 11 is 2.94. The first-order valence-electron chi connectivity index (χ1n) is 8.80. The highest BCUT2D eigenvalue weighted by atomic mass is 32.2. The monoisotopic (exact) mass is 406 g/mol. The minimum atomic E-state index is -0.116. The van der Waals surface area contributed by atoms with Crippen molar-refractivity contribution in [1.82, 2.24) is 20.5 Å². The molecule has 2 heterocycles. The van der Waals surface area contributed by atoms with Crippen LogP contribution in [0.2, 0.25) is 0 Å². The molecule has 0 unspecified atom stereocenters. The molecule has 1 N–H and O–H groups in total. The average Bonchev–Trinajstić information content (AvgIpc) is 3.11. The normalized spacial score (nSPS) is 10.9. The number of nitrogens with one attached hydrogen (secondary N) is 1. The van der Waals surface area contributed by atoms with Crippen LogP contribution in [-0.2, 0) is 6.54 Å². The van der Waals surface area contributed by atoms with Crippen LogP contribution >= 0.6 is 23.1 Å². The molecular formula is C21H18N4OS2. The van der Waals surface area contributed by atoms with Crippen molar-refractivity contribution >= 4 is 39.9 Å². The van der Waals surface area contributed by atoms with Crippen LogP contribution in [0.1, 0.15) is 26.5 Å². The van der Waals surface area contributed by atoms with Gasteiger partial charge in [0.2, 0.25) is 0 Å². The standard InChI is InChI=1S/C21H18N4OS2/c1-13-7-9-15(10-8-13)12-22-20(26)17-11-19(28-21-25-24-14(2)27-21)23-18-6-4-3-5-16(17)18/h3-11H,12H2,1-2H3,(H,22,26). The Morgan fingerprint density at radius 2 is 1.86 bits per heavy atom. The predicted molar refractivity (Wildman–Crippen MR) is 113 cm³/mol. The van der Waals surface area contributed by atoms with Crippen molar-refractivity contribution in [3.05, 3.63) is 76.3 Å². The molecule has 0 atom stereocenters. The molecule has 7 heteroatoms. The lowest BCUT2D eigenvalue weighted by atomic mass is 10.1. The van der Waals surface area contributed by atoms with Crippen molar-refractivity contribution in [2.45, 2.75) is 29.8 Å². The largest absolute Gasteiger partial charge is 0.348 e. The van der Waals surface area contributed by atoms with E-state index in [1.807, 2.05) is 68.4 Å². The highest BCUT2D eigenvalue weighted by Crippen LogP contribution is 2.31. The van der Waals surface area contributed by atoms with Crippen LogP contribution in [0.25, 0.3) is 10.9 Å². The summed E-state index contributed by atoms with van der Waals surface area (Å²) in [5.74, 6) is -0.116. The van der Waals surface area contributed by atoms with Crippen LogP contribution in [0.15, 0.2) is 64.0 Å². The van der Waals surface area contributed by atoms with Crippen LogP contribution in [0.5, 0.6) is 0 Å². The first-order chi connectivity index (χ1) is 13.6. The molecule has 28 heavy (non-hydrogen) atoms. The smallest absolute Gasteiger partial charge is 0.252 e. The zero-order valence-electron chi connectivity index (χ0n) is 15.5. The molecule has 4 rings (SSSR count). The highest BCUT2D eigenvalue weighted by Gasteiger charge is 2.14. The number of aromatic nitrogens is 3. The Bertz CT molecular complexity index is 1140. The average molecular weight is 407 g/mol. The van der Waals surface area contributed by atoms with Crippen LogP contribution in [0.4, 0.5) is 0 Å². The number of pyridine rings is 1. The molecule has 5 nitrogen and oxygen atoms in total. The molecule has 4 aromatic rings. The maximum atomic E-state index is 12.9. The van der Waals surface area contributed by atoms with Crippen molar-refractivity contribution in [2.75, 3.05) is 0 Å². The van der Waals surface area contributed by atoms with Gasteiger partial charge in [0.1, 0.15) is 10.0 Å². The second-order valence-corrected chi connectivity index (χ2v) is 8.83. The maximum Gasteiger partial charge on any atom is 0.252 e. The van der Waals surface area contributed by atoms with Crippen LogP contribution in [-0.4, -0.2) is 21.1 Å². The number of para-hydroxylation sites is 1. The SMILES string of the molecule is Cc1ccc(CNC(=O)c2cc(Sc3nnc(C)s3)nc3ccccc23)cc1. The predicted octanol–water partition coefficient (Wildman–Crippen LogP) is 4.78. The van der Waals surface area contributed by atoms with E-state index in [1.165, 1.54) is 28.7 Å². The molecule has 0 fully saturated rings. The third-order valence-electron chi connectivity index (χ3n) is 4.21. The van der Waals surface area contributed by atoms with E-state index in [0.717, 1.165) is 30.8 Å².